The fourth-order valence-electron chi connectivity index (χ4n) is 3.91. The lowest BCUT2D eigenvalue weighted by molar-refractivity contribution is 0.0955. The van der Waals surface area contributed by atoms with E-state index >= 15 is 0 Å². The smallest absolute Gasteiger partial charge is 0.273 e. The molecule has 0 unspecified atom stereocenters. The van der Waals surface area contributed by atoms with Gasteiger partial charge in [-0.15, -0.1) is 0 Å². The fraction of sp³-hybridized carbons (Fsp3) is 0.133. The van der Waals surface area contributed by atoms with Gasteiger partial charge in [0.15, 0.2) is 11.5 Å². The molecule has 4 aromatic carbocycles. The molecule has 0 spiro atoms. The summed E-state index contributed by atoms with van der Waals surface area (Å²) in [6, 6.07) is 26.3. The normalized spacial score (nSPS) is 11.2. The van der Waals surface area contributed by atoms with Crippen molar-refractivity contribution in [1.82, 2.24) is 5.43 Å². The van der Waals surface area contributed by atoms with Gasteiger partial charge in [-0.1, -0.05) is 42.5 Å². The van der Waals surface area contributed by atoms with Gasteiger partial charge >= 0.3 is 0 Å². The highest BCUT2D eigenvalue weighted by Crippen LogP contribution is 2.30. The zero-order valence-corrected chi connectivity index (χ0v) is 22.8. The van der Waals surface area contributed by atoms with Crippen LogP contribution in [-0.4, -0.2) is 39.4 Å². The molecule has 0 aromatic heterocycles. The molecule has 1 amide bonds. The zero-order valence-electron chi connectivity index (χ0n) is 22.0. The number of benzene rings is 4. The second-order valence-corrected chi connectivity index (χ2v) is 10.4. The Bertz CT molecular complexity index is 1590. The molecule has 0 aliphatic carbocycles. The van der Waals surface area contributed by atoms with Gasteiger partial charge in [0.1, 0.15) is 5.75 Å². The number of carbonyl (C=O) groups excluding carboxylic acids is 1. The van der Waals surface area contributed by atoms with Gasteiger partial charge in [0.25, 0.3) is 15.9 Å². The highest BCUT2D eigenvalue weighted by atomic mass is 32.2. The van der Waals surface area contributed by atoms with Crippen molar-refractivity contribution in [2.45, 2.75) is 18.4 Å². The topological polar surface area (TPSA) is 118 Å². The van der Waals surface area contributed by atoms with Crippen LogP contribution in [0, 0.1) is 0 Å². The first kappa shape index (κ1) is 28.2. The van der Waals surface area contributed by atoms with Crippen LogP contribution < -0.4 is 19.2 Å². The highest BCUT2D eigenvalue weighted by molar-refractivity contribution is 7.92. The summed E-state index contributed by atoms with van der Waals surface area (Å²) in [6.07, 6.45) is 1.40. The molecule has 0 bridgehead atoms. The largest absolute Gasteiger partial charge is 0.504 e. The molecule has 10 heteroatoms. The third kappa shape index (κ3) is 6.59. The Hall–Kier alpha value is -4.83. The number of hydrazone groups is 1. The van der Waals surface area contributed by atoms with E-state index in [1.807, 2.05) is 30.3 Å². The Morgan fingerprint density at radius 3 is 2.38 bits per heavy atom. The van der Waals surface area contributed by atoms with Crippen LogP contribution in [0.5, 0.6) is 17.2 Å². The summed E-state index contributed by atoms with van der Waals surface area (Å²) in [6.45, 7) is 2.17. The quantitative estimate of drug-likeness (QED) is 0.198. The number of hydrogen-bond acceptors (Lipinski definition) is 7. The average Bonchev–Trinajstić information content (AvgIpc) is 2.98. The van der Waals surface area contributed by atoms with Crippen LogP contribution in [0.2, 0.25) is 0 Å². The molecule has 2 N–H and O–H groups in total. The number of ether oxygens (including phenoxy) is 2. The van der Waals surface area contributed by atoms with Gasteiger partial charge in [0, 0.05) is 0 Å². The maximum Gasteiger partial charge on any atom is 0.273 e. The number of methoxy groups -OCH3 is 1. The molecule has 4 aromatic rings. The summed E-state index contributed by atoms with van der Waals surface area (Å²) < 4.78 is 39.6. The van der Waals surface area contributed by atoms with Gasteiger partial charge < -0.3 is 14.6 Å². The minimum atomic E-state index is -4.09. The molecule has 40 heavy (non-hydrogen) atoms. The lowest BCUT2D eigenvalue weighted by atomic mass is 10.1. The lowest BCUT2D eigenvalue weighted by Crippen LogP contribution is -2.33. The summed E-state index contributed by atoms with van der Waals surface area (Å²) in [5, 5.41) is 13.9. The van der Waals surface area contributed by atoms with E-state index in [9.17, 15) is 18.3 Å². The summed E-state index contributed by atoms with van der Waals surface area (Å²) in [7, 11) is -2.59. The monoisotopic (exact) mass is 559 g/mol. The number of carbonyl (C=O) groups is 1. The molecule has 0 fully saturated rings. The minimum Gasteiger partial charge on any atom is -0.504 e. The predicted octanol–water partition coefficient (Wildman–Crippen LogP) is 4.96. The summed E-state index contributed by atoms with van der Waals surface area (Å²) >= 11 is 0. The molecule has 0 radical (unpaired) electrons. The van der Waals surface area contributed by atoms with Crippen LogP contribution in [-0.2, 0) is 16.6 Å². The number of rotatable bonds is 11. The van der Waals surface area contributed by atoms with Gasteiger partial charge in [-0.3, -0.25) is 9.10 Å². The summed E-state index contributed by atoms with van der Waals surface area (Å²) in [5.41, 5.74) is 4.11. The second-order valence-electron chi connectivity index (χ2n) is 8.55. The zero-order chi connectivity index (χ0) is 28.5. The van der Waals surface area contributed by atoms with Crippen LogP contribution in [0.15, 0.2) is 107 Å². The molecule has 9 nitrogen and oxygen atoms in total. The molecule has 0 aliphatic heterocycles. The van der Waals surface area contributed by atoms with Crippen molar-refractivity contribution >= 4 is 27.8 Å². The van der Waals surface area contributed by atoms with Crippen LogP contribution >= 0.6 is 0 Å². The molecule has 0 saturated carbocycles. The van der Waals surface area contributed by atoms with E-state index in [4.69, 9.17) is 9.47 Å². The first-order valence-corrected chi connectivity index (χ1v) is 13.9. The maximum absolute atomic E-state index is 13.9. The van der Waals surface area contributed by atoms with E-state index < -0.39 is 15.9 Å². The predicted molar refractivity (Wildman–Crippen MR) is 154 cm³/mol. The highest BCUT2D eigenvalue weighted by Gasteiger charge is 2.28. The Morgan fingerprint density at radius 2 is 1.68 bits per heavy atom. The van der Waals surface area contributed by atoms with Crippen molar-refractivity contribution < 1.29 is 27.8 Å². The van der Waals surface area contributed by atoms with Gasteiger partial charge in [-0.25, -0.2) is 13.8 Å². The summed E-state index contributed by atoms with van der Waals surface area (Å²) in [4.78, 5) is 13.3. The number of amides is 1. The molecule has 206 valence electrons. The Labute approximate surface area is 233 Å². The maximum atomic E-state index is 13.9. The van der Waals surface area contributed by atoms with Gasteiger partial charge in [-0.05, 0) is 72.6 Å². The first-order chi connectivity index (χ1) is 19.3. The molecular formula is C30H29N3O6S. The van der Waals surface area contributed by atoms with Crippen LogP contribution in [0.4, 0.5) is 5.69 Å². The Kier molecular flexibility index (Phi) is 9.03. The van der Waals surface area contributed by atoms with Crippen molar-refractivity contribution in [3.8, 4) is 17.2 Å². The third-order valence-electron chi connectivity index (χ3n) is 5.90. The molecule has 0 aliphatic rings. The summed E-state index contributed by atoms with van der Waals surface area (Å²) in [5.74, 6) is 0.212. The fourth-order valence-corrected chi connectivity index (χ4v) is 5.39. The average molecular weight is 560 g/mol. The van der Waals surface area contributed by atoms with Gasteiger partial charge in [-0.2, -0.15) is 5.10 Å². The number of aromatic hydroxyl groups is 1. The molecule has 0 atom stereocenters. The second kappa shape index (κ2) is 12.8. The van der Waals surface area contributed by atoms with E-state index in [1.165, 1.54) is 41.9 Å². The van der Waals surface area contributed by atoms with Crippen LogP contribution in [0.3, 0.4) is 0 Å². The Morgan fingerprint density at radius 1 is 0.975 bits per heavy atom. The van der Waals surface area contributed by atoms with Crippen molar-refractivity contribution in [1.29, 1.82) is 0 Å². The van der Waals surface area contributed by atoms with E-state index in [0.29, 0.717) is 23.7 Å². The minimum absolute atomic E-state index is 0.00349. The molecule has 0 saturated heterocycles. The van der Waals surface area contributed by atoms with Crippen molar-refractivity contribution in [2.24, 2.45) is 5.10 Å². The van der Waals surface area contributed by atoms with Crippen LogP contribution in [0.25, 0.3) is 0 Å². The number of phenols is 1. The van der Waals surface area contributed by atoms with E-state index in [-0.39, 0.29) is 28.4 Å². The number of phenolic OH excluding ortho intramolecular Hbond substituents is 1. The van der Waals surface area contributed by atoms with Crippen molar-refractivity contribution in [3.05, 3.63) is 114 Å². The molecule has 4 rings (SSSR count). The van der Waals surface area contributed by atoms with Gasteiger partial charge in [0.05, 0.1) is 42.6 Å². The third-order valence-corrected chi connectivity index (χ3v) is 7.67. The number of nitrogens with one attached hydrogen (secondary N) is 1. The van der Waals surface area contributed by atoms with E-state index in [1.54, 1.807) is 49.4 Å². The van der Waals surface area contributed by atoms with E-state index in [2.05, 4.69) is 10.5 Å². The van der Waals surface area contributed by atoms with Crippen molar-refractivity contribution in [2.75, 3.05) is 18.0 Å². The standard InChI is InChI=1S/C30H29N3O6S/c1-3-39-29-19-23(13-18-28(29)34)20-31-32-30(35)26-11-7-8-12-27(26)33(21-22-9-5-4-6-10-22)40(36,37)25-16-14-24(38-2)15-17-25/h4-20,34H,3,21H2,1-2H3,(H,32,35)/b31-20+. The first-order valence-electron chi connectivity index (χ1n) is 12.4. The number of sulfonamides is 1. The van der Waals surface area contributed by atoms with Crippen LogP contribution in [0.1, 0.15) is 28.4 Å². The Balaban J connectivity index is 1.67. The number of anilines is 1. The number of hydrogen-bond donors (Lipinski definition) is 2. The SMILES string of the molecule is CCOc1cc(/C=N/NC(=O)c2ccccc2N(Cc2ccccc2)S(=O)(=O)c2ccc(OC)cc2)ccc1O. The molecular weight excluding hydrogens is 530 g/mol. The number of nitrogens with zero attached hydrogens (tertiary/aromatic N) is 2. The molecule has 0 heterocycles. The van der Waals surface area contributed by atoms with E-state index in [0.717, 1.165) is 5.56 Å². The lowest BCUT2D eigenvalue weighted by Gasteiger charge is -2.26. The van der Waals surface area contributed by atoms with Gasteiger partial charge in [0.2, 0.25) is 0 Å². The van der Waals surface area contributed by atoms with Crippen molar-refractivity contribution in [3.63, 3.8) is 0 Å². The number of para-hydroxylation sites is 1.